The highest BCUT2D eigenvalue weighted by molar-refractivity contribution is 5.73. The van der Waals surface area contributed by atoms with Crippen molar-refractivity contribution in [1.29, 1.82) is 0 Å². The Bertz CT molecular complexity index is 312. The van der Waals surface area contributed by atoms with Gasteiger partial charge in [0, 0.05) is 26.8 Å². The minimum atomic E-state index is -0.873. The monoisotopic (exact) mass is 286 g/mol. The summed E-state index contributed by atoms with van der Waals surface area (Å²) in [7, 11) is 1.71. The molecule has 3 N–H and O–H groups in total. The summed E-state index contributed by atoms with van der Waals surface area (Å²) in [5.41, 5.74) is -0.657. The van der Waals surface area contributed by atoms with Crippen molar-refractivity contribution < 1.29 is 14.6 Å². The first-order valence-corrected chi connectivity index (χ1v) is 7.54. The van der Waals surface area contributed by atoms with Gasteiger partial charge in [0.05, 0.1) is 5.60 Å². The lowest BCUT2D eigenvalue weighted by atomic mass is 9.67. The number of rotatable bonds is 8. The van der Waals surface area contributed by atoms with Gasteiger partial charge in [-0.2, -0.15) is 0 Å². The molecule has 1 fully saturated rings. The molecule has 2 amide bonds. The molecule has 20 heavy (non-hydrogen) atoms. The summed E-state index contributed by atoms with van der Waals surface area (Å²) in [5.74, 6) is 0.0995. The van der Waals surface area contributed by atoms with E-state index in [1.54, 1.807) is 14.0 Å². The fourth-order valence-electron chi connectivity index (χ4n) is 2.30. The van der Waals surface area contributed by atoms with Crippen molar-refractivity contribution in [1.82, 2.24) is 10.6 Å². The zero-order chi connectivity index (χ0) is 15.2. The number of aliphatic hydroxyl groups is 1. The maximum atomic E-state index is 11.8. The standard InChI is InChI=1S/C15H30N2O3/c1-12(2)14(3,19)10-16-13(18)17-11-15(6-5-7-15)8-9-20-4/h12,19H,5-11H2,1-4H3,(H2,16,17,18). The Balaban J connectivity index is 2.29. The third kappa shape index (κ3) is 4.94. The highest BCUT2D eigenvalue weighted by atomic mass is 16.5. The lowest BCUT2D eigenvalue weighted by molar-refractivity contribution is 0.0163. The van der Waals surface area contributed by atoms with Crippen LogP contribution in [0.25, 0.3) is 0 Å². The zero-order valence-corrected chi connectivity index (χ0v) is 13.3. The summed E-state index contributed by atoms with van der Waals surface area (Å²) in [4.78, 5) is 11.8. The fraction of sp³-hybridized carbons (Fsp3) is 0.933. The molecule has 0 radical (unpaired) electrons. The number of carbonyl (C=O) groups excluding carboxylic acids is 1. The maximum absolute atomic E-state index is 11.8. The van der Waals surface area contributed by atoms with E-state index in [9.17, 15) is 9.90 Å². The van der Waals surface area contributed by atoms with Gasteiger partial charge in [0.15, 0.2) is 0 Å². The van der Waals surface area contributed by atoms with E-state index >= 15 is 0 Å². The molecule has 0 aliphatic heterocycles. The molecule has 1 aliphatic rings. The summed E-state index contributed by atoms with van der Waals surface area (Å²) in [6, 6.07) is -0.199. The molecule has 5 nitrogen and oxygen atoms in total. The number of hydrogen-bond acceptors (Lipinski definition) is 3. The first-order valence-electron chi connectivity index (χ1n) is 7.54. The summed E-state index contributed by atoms with van der Waals surface area (Å²) in [5, 5.41) is 15.8. The Hall–Kier alpha value is -0.810. The van der Waals surface area contributed by atoms with E-state index in [1.165, 1.54) is 6.42 Å². The fourth-order valence-corrected chi connectivity index (χ4v) is 2.30. The van der Waals surface area contributed by atoms with Crippen LogP contribution in [0.15, 0.2) is 0 Å². The Morgan fingerprint density at radius 3 is 2.50 bits per heavy atom. The third-order valence-corrected chi connectivity index (χ3v) is 4.73. The molecule has 0 heterocycles. The van der Waals surface area contributed by atoms with Gasteiger partial charge in [-0.15, -0.1) is 0 Å². The normalized spacial score (nSPS) is 20.1. The summed E-state index contributed by atoms with van der Waals surface area (Å²) in [6.07, 6.45) is 4.53. The first-order chi connectivity index (χ1) is 9.31. The van der Waals surface area contributed by atoms with Crippen LogP contribution in [0.2, 0.25) is 0 Å². The molecule has 1 aliphatic carbocycles. The van der Waals surface area contributed by atoms with Gasteiger partial charge >= 0.3 is 6.03 Å². The SMILES string of the molecule is COCCC1(CNC(=O)NCC(C)(O)C(C)C)CCC1. The van der Waals surface area contributed by atoms with Crippen molar-refractivity contribution in [3.63, 3.8) is 0 Å². The van der Waals surface area contributed by atoms with Crippen LogP contribution < -0.4 is 10.6 Å². The molecule has 0 saturated heterocycles. The Morgan fingerprint density at radius 2 is 2.05 bits per heavy atom. The van der Waals surface area contributed by atoms with E-state index in [1.807, 2.05) is 13.8 Å². The van der Waals surface area contributed by atoms with Gasteiger partial charge in [0.25, 0.3) is 0 Å². The minimum Gasteiger partial charge on any atom is -0.388 e. The van der Waals surface area contributed by atoms with Gasteiger partial charge in [0.2, 0.25) is 0 Å². The number of ether oxygens (including phenoxy) is 1. The van der Waals surface area contributed by atoms with Crippen LogP contribution in [0.4, 0.5) is 4.79 Å². The lowest BCUT2D eigenvalue weighted by Gasteiger charge is -2.42. The smallest absolute Gasteiger partial charge is 0.314 e. The Kier molecular flexibility index (Phi) is 6.27. The van der Waals surface area contributed by atoms with E-state index in [0.29, 0.717) is 6.54 Å². The third-order valence-electron chi connectivity index (χ3n) is 4.73. The van der Waals surface area contributed by atoms with Crippen molar-refractivity contribution in [3.8, 4) is 0 Å². The highest BCUT2D eigenvalue weighted by Crippen LogP contribution is 2.43. The molecule has 0 aromatic carbocycles. The van der Waals surface area contributed by atoms with E-state index in [4.69, 9.17) is 4.74 Å². The summed E-state index contributed by atoms with van der Waals surface area (Å²) >= 11 is 0. The van der Waals surface area contributed by atoms with Crippen molar-refractivity contribution >= 4 is 6.03 Å². The molecule has 118 valence electrons. The van der Waals surface area contributed by atoms with Crippen molar-refractivity contribution in [2.24, 2.45) is 11.3 Å². The second kappa shape index (κ2) is 7.27. The van der Waals surface area contributed by atoms with Gasteiger partial charge < -0.3 is 20.5 Å². The molecule has 1 unspecified atom stereocenters. The number of methoxy groups -OCH3 is 1. The molecule has 0 aromatic heterocycles. The van der Waals surface area contributed by atoms with Crippen LogP contribution in [-0.4, -0.2) is 43.5 Å². The predicted molar refractivity (Wildman–Crippen MR) is 79.6 cm³/mol. The van der Waals surface area contributed by atoms with Crippen molar-refractivity contribution in [2.75, 3.05) is 26.8 Å². The number of amides is 2. The molecule has 1 atom stereocenters. The van der Waals surface area contributed by atoms with E-state index in [-0.39, 0.29) is 23.9 Å². The molecule has 0 bridgehead atoms. The Labute approximate surface area is 122 Å². The molecule has 1 rings (SSSR count). The van der Waals surface area contributed by atoms with Crippen molar-refractivity contribution in [2.45, 2.75) is 52.1 Å². The second-order valence-electron chi connectivity index (χ2n) is 6.64. The lowest BCUT2D eigenvalue weighted by Crippen LogP contribution is -2.50. The van der Waals surface area contributed by atoms with Crippen LogP contribution in [0, 0.1) is 11.3 Å². The largest absolute Gasteiger partial charge is 0.388 e. The van der Waals surface area contributed by atoms with Crippen LogP contribution >= 0.6 is 0 Å². The zero-order valence-electron chi connectivity index (χ0n) is 13.3. The maximum Gasteiger partial charge on any atom is 0.314 e. The Morgan fingerprint density at radius 1 is 1.40 bits per heavy atom. The number of carbonyl (C=O) groups is 1. The van der Waals surface area contributed by atoms with Crippen LogP contribution in [0.1, 0.15) is 46.5 Å². The van der Waals surface area contributed by atoms with Crippen LogP contribution in [0.3, 0.4) is 0 Å². The molecular formula is C15H30N2O3. The first kappa shape index (κ1) is 17.2. The van der Waals surface area contributed by atoms with Crippen molar-refractivity contribution in [3.05, 3.63) is 0 Å². The summed E-state index contributed by atoms with van der Waals surface area (Å²) in [6.45, 7) is 7.31. The van der Waals surface area contributed by atoms with Crippen LogP contribution in [-0.2, 0) is 4.74 Å². The summed E-state index contributed by atoms with van der Waals surface area (Å²) < 4.78 is 5.14. The van der Waals surface area contributed by atoms with Crippen LogP contribution in [0.5, 0.6) is 0 Å². The van der Waals surface area contributed by atoms with E-state index in [2.05, 4.69) is 10.6 Å². The average Bonchev–Trinajstić information content (AvgIpc) is 2.34. The quantitative estimate of drug-likeness (QED) is 0.638. The molecule has 0 spiro atoms. The van der Waals surface area contributed by atoms with Gasteiger partial charge in [-0.25, -0.2) is 4.79 Å². The van der Waals surface area contributed by atoms with Gasteiger partial charge in [-0.05, 0) is 37.5 Å². The van der Waals surface area contributed by atoms with Gasteiger partial charge in [0.1, 0.15) is 0 Å². The number of nitrogens with one attached hydrogen (secondary N) is 2. The average molecular weight is 286 g/mol. The van der Waals surface area contributed by atoms with E-state index in [0.717, 1.165) is 25.9 Å². The minimum absolute atomic E-state index is 0.0995. The van der Waals surface area contributed by atoms with Gasteiger partial charge in [-0.3, -0.25) is 0 Å². The highest BCUT2D eigenvalue weighted by Gasteiger charge is 2.36. The number of urea groups is 1. The molecular weight excluding hydrogens is 256 g/mol. The van der Waals surface area contributed by atoms with Gasteiger partial charge in [-0.1, -0.05) is 20.3 Å². The van der Waals surface area contributed by atoms with E-state index < -0.39 is 5.60 Å². The molecule has 5 heteroatoms. The number of hydrogen-bond donors (Lipinski definition) is 3. The topological polar surface area (TPSA) is 70.6 Å². The predicted octanol–water partition coefficient (Wildman–Crippen LogP) is 1.90. The second-order valence-corrected chi connectivity index (χ2v) is 6.64. The molecule has 1 saturated carbocycles. The molecule has 0 aromatic rings.